The van der Waals surface area contributed by atoms with Crippen LogP contribution in [0.1, 0.15) is 44.4 Å². The highest BCUT2D eigenvalue weighted by Gasteiger charge is 2.00. The average Bonchev–Trinajstić information content (AvgIpc) is 2.80. The van der Waals surface area contributed by atoms with Crippen LogP contribution < -0.4 is 10.6 Å². The fraction of sp³-hybridized carbons (Fsp3) is 0.714. The molecule has 0 unspecified atom stereocenters. The molecule has 0 aromatic carbocycles. The Balaban J connectivity index is 0.00000361. The second-order valence-corrected chi connectivity index (χ2v) is 4.66. The molecule has 0 aliphatic carbocycles. The van der Waals surface area contributed by atoms with Crippen molar-refractivity contribution in [1.82, 2.24) is 20.8 Å². The summed E-state index contributed by atoms with van der Waals surface area (Å²) in [7, 11) is 0. The lowest BCUT2D eigenvalue weighted by Crippen LogP contribution is -2.37. The van der Waals surface area contributed by atoms with Crippen LogP contribution in [0.3, 0.4) is 0 Å². The molecule has 0 spiro atoms. The van der Waals surface area contributed by atoms with Gasteiger partial charge in [0.25, 0.3) is 0 Å². The summed E-state index contributed by atoms with van der Waals surface area (Å²) in [4.78, 5) is 4.58. The molecule has 1 aromatic heterocycles. The number of aromatic nitrogens is 2. The normalized spacial score (nSPS) is 11.1. The van der Waals surface area contributed by atoms with E-state index < -0.39 is 0 Å². The zero-order chi connectivity index (χ0) is 13.9. The molecule has 0 aliphatic heterocycles. The van der Waals surface area contributed by atoms with E-state index in [1.807, 2.05) is 6.20 Å². The third-order valence-electron chi connectivity index (χ3n) is 2.98. The van der Waals surface area contributed by atoms with Crippen LogP contribution >= 0.6 is 24.0 Å². The van der Waals surface area contributed by atoms with E-state index in [-0.39, 0.29) is 24.0 Å². The monoisotopic (exact) mass is 393 g/mol. The average molecular weight is 393 g/mol. The summed E-state index contributed by atoms with van der Waals surface area (Å²) in [6, 6.07) is 0. The number of H-pyrrole nitrogens is 1. The van der Waals surface area contributed by atoms with Crippen molar-refractivity contribution in [3.63, 3.8) is 0 Å². The molecule has 1 aromatic rings. The summed E-state index contributed by atoms with van der Waals surface area (Å²) in [5.74, 6) is 0.930. The molecule has 0 amide bonds. The number of aryl methyl sites for hydroxylation is 2. The Morgan fingerprint density at radius 2 is 2.10 bits per heavy atom. The highest BCUT2D eigenvalue weighted by molar-refractivity contribution is 14.0. The van der Waals surface area contributed by atoms with E-state index in [2.05, 4.69) is 46.6 Å². The van der Waals surface area contributed by atoms with Crippen LogP contribution in [-0.2, 0) is 6.42 Å². The van der Waals surface area contributed by atoms with Gasteiger partial charge in [-0.1, -0.05) is 13.3 Å². The molecule has 0 bridgehead atoms. The van der Waals surface area contributed by atoms with Gasteiger partial charge in [0.1, 0.15) is 0 Å². The maximum Gasteiger partial charge on any atom is 0.191 e. The molecule has 6 heteroatoms. The van der Waals surface area contributed by atoms with E-state index in [0.29, 0.717) is 0 Å². The Morgan fingerprint density at radius 1 is 1.30 bits per heavy atom. The van der Waals surface area contributed by atoms with Crippen molar-refractivity contribution in [2.45, 2.75) is 46.5 Å². The molecule has 0 fully saturated rings. The molecule has 1 rings (SSSR count). The largest absolute Gasteiger partial charge is 0.357 e. The summed E-state index contributed by atoms with van der Waals surface area (Å²) < 4.78 is 0. The Bertz CT molecular complexity index is 375. The first kappa shape index (κ1) is 19.2. The zero-order valence-electron chi connectivity index (χ0n) is 12.8. The quantitative estimate of drug-likeness (QED) is 0.275. The number of rotatable bonds is 8. The number of aromatic amines is 1. The maximum atomic E-state index is 4.58. The number of unbranched alkanes of at least 4 members (excludes halogenated alkanes) is 1. The number of nitrogens with one attached hydrogen (secondary N) is 3. The van der Waals surface area contributed by atoms with Gasteiger partial charge in [0.2, 0.25) is 0 Å². The molecule has 0 radical (unpaired) electrons. The number of hydrogen-bond donors (Lipinski definition) is 3. The summed E-state index contributed by atoms with van der Waals surface area (Å²) in [6.45, 7) is 9.07. The summed E-state index contributed by atoms with van der Waals surface area (Å²) in [6.07, 6.45) is 6.36. The van der Waals surface area contributed by atoms with E-state index >= 15 is 0 Å². The Morgan fingerprint density at radius 3 is 2.70 bits per heavy atom. The summed E-state index contributed by atoms with van der Waals surface area (Å²) in [5, 5.41) is 13.6. The van der Waals surface area contributed by atoms with Crippen LogP contribution in [0.4, 0.5) is 0 Å². The minimum absolute atomic E-state index is 0. The molecule has 116 valence electrons. The molecule has 1 heterocycles. The summed E-state index contributed by atoms with van der Waals surface area (Å²) >= 11 is 0. The van der Waals surface area contributed by atoms with Crippen molar-refractivity contribution in [1.29, 1.82) is 0 Å². The third kappa shape index (κ3) is 7.72. The fourth-order valence-electron chi connectivity index (χ4n) is 1.81. The Hall–Kier alpha value is -0.790. The predicted molar refractivity (Wildman–Crippen MR) is 96.0 cm³/mol. The highest BCUT2D eigenvalue weighted by Crippen LogP contribution is 2.05. The van der Waals surface area contributed by atoms with Crippen molar-refractivity contribution >= 4 is 29.9 Å². The van der Waals surface area contributed by atoms with Gasteiger partial charge in [-0.05, 0) is 38.7 Å². The van der Waals surface area contributed by atoms with Crippen LogP contribution in [0.15, 0.2) is 11.2 Å². The molecular weight excluding hydrogens is 365 g/mol. The van der Waals surface area contributed by atoms with Gasteiger partial charge >= 0.3 is 0 Å². The fourth-order valence-corrected chi connectivity index (χ4v) is 1.81. The van der Waals surface area contributed by atoms with Crippen molar-refractivity contribution in [2.75, 3.05) is 19.6 Å². The number of halogens is 1. The van der Waals surface area contributed by atoms with Crippen LogP contribution in [-0.4, -0.2) is 35.8 Å². The van der Waals surface area contributed by atoms with Gasteiger partial charge in [-0.2, -0.15) is 5.10 Å². The molecule has 0 atom stereocenters. The second-order valence-electron chi connectivity index (χ2n) is 4.66. The van der Waals surface area contributed by atoms with Gasteiger partial charge in [-0.3, -0.25) is 10.1 Å². The van der Waals surface area contributed by atoms with Crippen molar-refractivity contribution in [3.8, 4) is 0 Å². The first-order valence-electron chi connectivity index (χ1n) is 7.29. The molecule has 5 nitrogen and oxygen atoms in total. The first-order valence-corrected chi connectivity index (χ1v) is 7.29. The van der Waals surface area contributed by atoms with Gasteiger partial charge in [-0.15, -0.1) is 24.0 Å². The topological polar surface area (TPSA) is 65.1 Å². The van der Waals surface area contributed by atoms with Gasteiger partial charge in [-0.25, -0.2) is 0 Å². The van der Waals surface area contributed by atoms with Crippen molar-refractivity contribution < 1.29 is 0 Å². The number of nitrogens with zero attached hydrogens (tertiary/aromatic N) is 2. The van der Waals surface area contributed by atoms with E-state index in [9.17, 15) is 0 Å². The van der Waals surface area contributed by atoms with E-state index in [0.717, 1.165) is 44.1 Å². The van der Waals surface area contributed by atoms with Gasteiger partial charge in [0.05, 0.1) is 6.20 Å². The Labute approximate surface area is 139 Å². The van der Waals surface area contributed by atoms with Crippen LogP contribution in [0.5, 0.6) is 0 Å². The van der Waals surface area contributed by atoms with Crippen LogP contribution in [0.25, 0.3) is 0 Å². The minimum Gasteiger partial charge on any atom is -0.357 e. The van der Waals surface area contributed by atoms with Crippen molar-refractivity contribution in [2.24, 2.45) is 4.99 Å². The SMILES string of the molecule is CCCCNC(=NCCCc1cn[nH]c1C)NCC.I. The second kappa shape index (κ2) is 12.0. The van der Waals surface area contributed by atoms with Crippen LogP contribution in [0.2, 0.25) is 0 Å². The number of aliphatic imine (C=N–C) groups is 1. The van der Waals surface area contributed by atoms with Crippen LogP contribution in [0, 0.1) is 6.92 Å². The standard InChI is InChI=1S/C14H27N5.HI/c1-4-6-9-16-14(15-5-2)17-10-7-8-13-11-18-19-12(13)3;/h11H,4-10H2,1-3H3,(H,18,19)(H2,15,16,17);1H. The van der Waals surface area contributed by atoms with Gasteiger partial charge < -0.3 is 10.6 Å². The first-order chi connectivity index (χ1) is 9.27. The molecule has 0 saturated carbocycles. The molecule has 0 aliphatic rings. The Kier molecular flexibility index (Phi) is 11.5. The smallest absolute Gasteiger partial charge is 0.191 e. The van der Waals surface area contributed by atoms with Crippen molar-refractivity contribution in [3.05, 3.63) is 17.5 Å². The maximum absolute atomic E-state index is 4.58. The number of guanidine groups is 1. The molecular formula is C14H28IN5. The highest BCUT2D eigenvalue weighted by atomic mass is 127. The van der Waals surface area contributed by atoms with E-state index in [1.54, 1.807) is 0 Å². The lowest BCUT2D eigenvalue weighted by molar-refractivity contribution is 0.725. The third-order valence-corrected chi connectivity index (χ3v) is 2.98. The van der Waals surface area contributed by atoms with Gasteiger partial charge in [0, 0.05) is 25.3 Å². The minimum atomic E-state index is 0. The zero-order valence-corrected chi connectivity index (χ0v) is 15.2. The lowest BCUT2D eigenvalue weighted by Gasteiger charge is -2.10. The molecule has 20 heavy (non-hydrogen) atoms. The predicted octanol–water partition coefficient (Wildman–Crippen LogP) is 2.62. The lowest BCUT2D eigenvalue weighted by atomic mass is 10.1. The van der Waals surface area contributed by atoms with Gasteiger partial charge in [0.15, 0.2) is 5.96 Å². The molecule has 0 saturated heterocycles. The van der Waals surface area contributed by atoms with E-state index in [4.69, 9.17) is 0 Å². The molecule has 3 N–H and O–H groups in total. The van der Waals surface area contributed by atoms with E-state index in [1.165, 1.54) is 18.4 Å². The number of hydrogen-bond acceptors (Lipinski definition) is 2. The summed E-state index contributed by atoms with van der Waals surface area (Å²) in [5.41, 5.74) is 2.45.